The van der Waals surface area contributed by atoms with Crippen molar-refractivity contribution in [1.29, 1.82) is 0 Å². The molecule has 4 aromatic rings. The van der Waals surface area contributed by atoms with Crippen molar-refractivity contribution < 1.29 is 19.5 Å². The minimum absolute atomic E-state index is 0.0688. The van der Waals surface area contributed by atoms with Gasteiger partial charge in [-0.1, -0.05) is 41.7 Å². The Bertz CT molecular complexity index is 1320. The van der Waals surface area contributed by atoms with E-state index in [1.165, 1.54) is 35.2 Å². The number of aromatic carboxylic acids is 1. The van der Waals surface area contributed by atoms with E-state index in [1.807, 2.05) is 30.3 Å². The Balaban J connectivity index is 1.41. The summed E-state index contributed by atoms with van der Waals surface area (Å²) >= 11 is 2.76. The number of carboxylic acid groups (broad SMARTS) is 1. The predicted octanol–water partition coefficient (Wildman–Crippen LogP) is 5.37. The van der Waals surface area contributed by atoms with Crippen molar-refractivity contribution in [2.45, 2.75) is 17.1 Å². The Morgan fingerprint density at radius 1 is 0.939 bits per heavy atom. The molecule has 166 valence electrons. The number of thioether (sulfide) groups is 1. The van der Waals surface area contributed by atoms with Crippen LogP contribution in [0.25, 0.3) is 10.2 Å². The Labute approximate surface area is 197 Å². The van der Waals surface area contributed by atoms with Crippen LogP contribution in [0.2, 0.25) is 0 Å². The second-order valence-corrected chi connectivity index (χ2v) is 9.51. The highest BCUT2D eigenvalue weighted by Crippen LogP contribution is 2.29. The normalized spacial score (nSPS) is 11.7. The number of fused-ring (bicyclic) bond motifs is 1. The lowest BCUT2D eigenvalue weighted by molar-refractivity contribution is -0.115. The first kappa shape index (κ1) is 22.5. The van der Waals surface area contributed by atoms with Crippen molar-refractivity contribution >= 4 is 61.9 Å². The van der Waals surface area contributed by atoms with Crippen LogP contribution >= 0.6 is 23.1 Å². The van der Waals surface area contributed by atoms with E-state index in [-0.39, 0.29) is 17.0 Å². The molecular formula is C24H19N3O4S2. The zero-order chi connectivity index (χ0) is 23.4. The maximum Gasteiger partial charge on any atom is 0.336 e. The van der Waals surface area contributed by atoms with Crippen LogP contribution in [0.4, 0.5) is 10.8 Å². The molecule has 0 fully saturated rings. The van der Waals surface area contributed by atoms with Crippen molar-refractivity contribution in [3.05, 3.63) is 83.9 Å². The number of thiazole rings is 1. The average Bonchev–Trinajstić information content (AvgIpc) is 3.21. The van der Waals surface area contributed by atoms with Gasteiger partial charge in [0.1, 0.15) is 0 Å². The van der Waals surface area contributed by atoms with Crippen molar-refractivity contribution in [2.75, 3.05) is 10.6 Å². The van der Waals surface area contributed by atoms with Crippen LogP contribution in [0.15, 0.2) is 77.7 Å². The molecule has 1 aromatic heterocycles. The summed E-state index contributed by atoms with van der Waals surface area (Å²) in [6.45, 7) is 1.79. The van der Waals surface area contributed by atoms with E-state index in [4.69, 9.17) is 0 Å². The third-order valence-electron chi connectivity index (χ3n) is 4.70. The van der Waals surface area contributed by atoms with E-state index in [9.17, 15) is 19.5 Å². The van der Waals surface area contributed by atoms with Crippen LogP contribution in [-0.4, -0.2) is 33.1 Å². The second kappa shape index (κ2) is 9.85. The van der Waals surface area contributed by atoms with E-state index in [2.05, 4.69) is 15.6 Å². The zero-order valence-corrected chi connectivity index (χ0v) is 19.1. The summed E-state index contributed by atoms with van der Waals surface area (Å²) in [7, 11) is 0. The zero-order valence-electron chi connectivity index (χ0n) is 17.4. The van der Waals surface area contributed by atoms with E-state index in [1.54, 1.807) is 37.3 Å². The summed E-state index contributed by atoms with van der Waals surface area (Å²) in [6.07, 6.45) is 0. The standard InChI is InChI=1S/C24H19N3O4S2/c1-14(21(28)27-24-26-19-11-4-5-12-20(19)33-24)32-16-8-6-7-15(13-16)25-22(29)17-9-2-3-10-18(17)23(30)31/h2-14H,1H3,(H,25,29)(H,30,31)(H,26,27,28). The van der Waals surface area contributed by atoms with Gasteiger partial charge in [0.15, 0.2) is 5.13 Å². The highest BCUT2D eigenvalue weighted by molar-refractivity contribution is 8.00. The molecule has 0 aliphatic rings. The van der Waals surface area contributed by atoms with Gasteiger partial charge >= 0.3 is 5.97 Å². The molecule has 33 heavy (non-hydrogen) atoms. The fourth-order valence-corrected chi connectivity index (χ4v) is 4.90. The lowest BCUT2D eigenvalue weighted by Crippen LogP contribution is -2.22. The number of nitrogens with one attached hydrogen (secondary N) is 2. The quantitative estimate of drug-likeness (QED) is 0.309. The van der Waals surface area contributed by atoms with E-state index in [0.29, 0.717) is 10.8 Å². The molecule has 3 N–H and O–H groups in total. The first-order chi connectivity index (χ1) is 15.9. The van der Waals surface area contributed by atoms with Crippen LogP contribution in [0.3, 0.4) is 0 Å². The number of nitrogens with zero attached hydrogens (tertiary/aromatic N) is 1. The third kappa shape index (κ3) is 5.39. The summed E-state index contributed by atoms with van der Waals surface area (Å²) in [5.74, 6) is -1.86. The molecule has 1 heterocycles. The van der Waals surface area contributed by atoms with Crippen LogP contribution in [-0.2, 0) is 4.79 Å². The molecule has 4 rings (SSSR count). The minimum atomic E-state index is -1.17. The summed E-state index contributed by atoms with van der Waals surface area (Å²) < 4.78 is 1.00. The molecule has 0 spiro atoms. The van der Waals surface area contributed by atoms with E-state index in [0.717, 1.165) is 15.1 Å². The smallest absolute Gasteiger partial charge is 0.336 e. The molecule has 1 atom stereocenters. The van der Waals surface area contributed by atoms with Crippen LogP contribution in [0.5, 0.6) is 0 Å². The minimum Gasteiger partial charge on any atom is -0.478 e. The number of carbonyl (C=O) groups is 3. The SMILES string of the molecule is CC(Sc1cccc(NC(=O)c2ccccc2C(=O)O)c1)C(=O)Nc1nc2ccccc2s1. The van der Waals surface area contributed by atoms with Crippen LogP contribution in [0, 0.1) is 0 Å². The Kier molecular flexibility index (Phi) is 6.71. The number of amides is 2. The summed E-state index contributed by atoms with van der Waals surface area (Å²) in [5, 5.41) is 15.0. The van der Waals surface area contributed by atoms with Gasteiger partial charge in [0.05, 0.1) is 26.6 Å². The van der Waals surface area contributed by atoms with Gasteiger partial charge in [0, 0.05) is 10.6 Å². The molecule has 0 saturated carbocycles. The van der Waals surface area contributed by atoms with Crippen LogP contribution < -0.4 is 10.6 Å². The Morgan fingerprint density at radius 3 is 2.42 bits per heavy atom. The van der Waals surface area contributed by atoms with Gasteiger partial charge in [-0.15, -0.1) is 11.8 Å². The molecule has 2 amide bonds. The number of para-hydroxylation sites is 1. The maximum atomic E-state index is 12.7. The van der Waals surface area contributed by atoms with Gasteiger partial charge in [-0.2, -0.15) is 0 Å². The van der Waals surface area contributed by atoms with Crippen molar-refractivity contribution in [3.63, 3.8) is 0 Å². The van der Waals surface area contributed by atoms with Gasteiger partial charge in [-0.05, 0) is 49.4 Å². The largest absolute Gasteiger partial charge is 0.478 e. The Hall–Kier alpha value is -3.69. The molecule has 0 aliphatic carbocycles. The Morgan fingerprint density at radius 2 is 1.67 bits per heavy atom. The number of anilines is 2. The number of hydrogen-bond acceptors (Lipinski definition) is 6. The van der Waals surface area contributed by atoms with Gasteiger partial charge in [-0.25, -0.2) is 9.78 Å². The first-order valence-electron chi connectivity index (χ1n) is 9.97. The van der Waals surface area contributed by atoms with Gasteiger partial charge in [-0.3, -0.25) is 9.59 Å². The molecule has 7 nitrogen and oxygen atoms in total. The average molecular weight is 478 g/mol. The van der Waals surface area contributed by atoms with Crippen molar-refractivity contribution in [1.82, 2.24) is 4.98 Å². The van der Waals surface area contributed by atoms with Crippen molar-refractivity contribution in [3.8, 4) is 0 Å². The summed E-state index contributed by atoms with van der Waals surface area (Å²) in [5.41, 5.74) is 1.35. The summed E-state index contributed by atoms with van der Waals surface area (Å²) in [4.78, 5) is 41.8. The number of benzene rings is 3. The summed E-state index contributed by atoms with van der Waals surface area (Å²) in [6, 6.07) is 20.8. The number of carbonyl (C=O) groups excluding carboxylic acids is 2. The van der Waals surface area contributed by atoms with Gasteiger partial charge in [0.2, 0.25) is 5.91 Å². The number of carboxylic acids is 1. The number of aromatic nitrogens is 1. The predicted molar refractivity (Wildman–Crippen MR) is 131 cm³/mol. The molecule has 0 radical (unpaired) electrons. The number of rotatable bonds is 7. The first-order valence-corrected chi connectivity index (χ1v) is 11.7. The van der Waals surface area contributed by atoms with E-state index >= 15 is 0 Å². The maximum absolute atomic E-state index is 12.7. The number of hydrogen-bond donors (Lipinski definition) is 3. The molecule has 0 bridgehead atoms. The lowest BCUT2D eigenvalue weighted by Gasteiger charge is -2.12. The molecule has 1 unspecified atom stereocenters. The second-order valence-electron chi connectivity index (χ2n) is 7.07. The fraction of sp³-hybridized carbons (Fsp3) is 0.0833. The fourth-order valence-electron chi connectivity index (χ4n) is 3.10. The highest BCUT2D eigenvalue weighted by atomic mass is 32.2. The molecule has 3 aromatic carbocycles. The van der Waals surface area contributed by atoms with Crippen molar-refractivity contribution in [2.24, 2.45) is 0 Å². The van der Waals surface area contributed by atoms with E-state index < -0.39 is 17.1 Å². The monoisotopic (exact) mass is 477 g/mol. The molecule has 0 saturated heterocycles. The molecule has 9 heteroatoms. The van der Waals surface area contributed by atoms with Gasteiger partial charge in [0.25, 0.3) is 5.91 Å². The van der Waals surface area contributed by atoms with Gasteiger partial charge < -0.3 is 15.7 Å². The third-order valence-corrected chi connectivity index (χ3v) is 6.75. The molecular weight excluding hydrogens is 458 g/mol. The topological polar surface area (TPSA) is 108 Å². The lowest BCUT2D eigenvalue weighted by atomic mass is 10.1. The molecule has 0 aliphatic heterocycles. The van der Waals surface area contributed by atoms with Crippen LogP contribution in [0.1, 0.15) is 27.6 Å². The highest BCUT2D eigenvalue weighted by Gasteiger charge is 2.18.